The van der Waals surface area contributed by atoms with Crippen LogP contribution in [-0.4, -0.2) is 34.1 Å². The van der Waals surface area contributed by atoms with E-state index in [1.165, 1.54) is 18.5 Å². The van der Waals surface area contributed by atoms with E-state index in [1.807, 2.05) is 20.8 Å². The maximum absolute atomic E-state index is 11.6. The molecule has 0 aromatic carbocycles. The van der Waals surface area contributed by atoms with Crippen LogP contribution in [0.5, 0.6) is 0 Å². The first-order valence-electron chi connectivity index (χ1n) is 5.52. The van der Waals surface area contributed by atoms with E-state index in [1.54, 1.807) is 0 Å². The molecular formula is C12H17N3O3. The smallest absolute Gasteiger partial charge is 0.337 e. The van der Waals surface area contributed by atoms with Gasteiger partial charge >= 0.3 is 5.97 Å². The van der Waals surface area contributed by atoms with E-state index in [2.05, 4.69) is 15.6 Å². The summed E-state index contributed by atoms with van der Waals surface area (Å²) in [6.45, 7) is 5.62. The first kappa shape index (κ1) is 14.0. The standard InChI is InChI=1S/C12H17N3O3/c1-12(2,3)15-10(16)7-14-9-6-13-5-4-8(9)11(17)18/h4-6,14H,7H2,1-3H3,(H,15,16)(H,17,18). The molecule has 0 saturated heterocycles. The lowest BCUT2D eigenvalue weighted by molar-refractivity contribution is -0.120. The summed E-state index contributed by atoms with van der Waals surface area (Å²) < 4.78 is 0. The molecule has 1 aromatic heterocycles. The number of rotatable bonds is 4. The molecular weight excluding hydrogens is 234 g/mol. The second-order valence-corrected chi connectivity index (χ2v) is 4.88. The number of pyridine rings is 1. The van der Waals surface area contributed by atoms with Crippen molar-refractivity contribution in [2.75, 3.05) is 11.9 Å². The SMILES string of the molecule is CC(C)(C)NC(=O)CNc1cnccc1C(=O)O. The van der Waals surface area contributed by atoms with Gasteiger partial charge in [0.15, 0.2) is 0 Å². The van der Waals surface area contributed by atoms with Gasteiger partial charge in [-0.25, -0.2) is 4.79 Å². The summed E-state index contributed by atoms with van der Waals surface area (Å²) in [5.41, 5.74) is 0.103. The quantitative estimate of drug-likeness (QED) is 0.745. The minimum atomic E-state index is -1.06. The Kier molecular flexibility index (Phi) is 4.25. The number of carboxylic acid groups (broad SMARTS) is 1. The summed E-state index contributed by atoms with van der Waals surface area (Å²) in [7, 11) is 0. The van der Waals surface area contributed by atoms with Crippen molar-refractivity contribution in [2.45, 2.75) is 26.3 Å². The molecule has 1 amide bonds. The molecule has 3 N–H and O–H groups in total. The molecule has 0 unspecified atom stereocenters. The number of carbonyl (C=O) groups is 2. The van der Waals surface area contributed by atoms with Crippen molar-refractivity contribution in [3.63, 3.8) is 0 Å². The zero-order valence-corrected chi connectivity index (χ0v) is 10.7. The minimum absolute atomic E-state index is 0.00322. The fourth-order valence-corrected chi connectivity index (χ4v) is 1.36. The van der Waals surface area contributed by atoms with Crippen LogP contribution in [0.25, 0.3) is 0 Å². The summed E-state index contributed by atoms with van der Waals surface area (Å²) in [5.74, 6) is -1.26. The van der Waals surface area contributed by atoms with Crippen LogP contribution in [0, 0.1) is 0 Å². The zero-order valence-electron chi connectivity index (χ0n) is 10.7. The number of carbonyl (C=O) groups excluding carboxylic acids is 1. The van der Waals surface area contributed by atoms with E-state index in [0.717, 1.165) is 0 Å². The fraction of sp³-hybridized carbons (Fsp3) is 0.417. The predicted molar refractivity (Wildman–Crippen MR) is 67.6 cm³/mol. The van der Waals surface area contributed by atoms with Crippen LogP contribution in [0.2, 0.25) is 0 Å². The third-order valence-corrected chi connectivity index (χ3v) is 2.01. The van der Waals surface area contributed by atoms with E-state index < -0.39 is 5.97 Å². The van der Waals surface area contributed by atoms with Crippen molar-refractivity contribution in [3.8, 4) is 0 Å². The molecule has 0 radical (unpaired) electrons. The predicted octanol–water partition coefficient (Wildman–Crippen LogP) is 1.11. The first-order valence-corrected chi connectivity index (χ1v) is 5.52. The molecule has 1 rings (SSSR count). The number of carboxylic acids is 1. The fourth-order valence-electron chi connectivity index (χ4n) is 1.36. The lowest BCUT2D eigenvalue weighted by atomic mass is 10.1. The number of aromatic nitrogens is 1. The Hall–Kier alpha value is -2.11. The first-order chi connectivity index (χ1) is 8.29. The number of aromatic carboxylic acids is 1. The maximum atomic E-state index is 11.6. The van der Waals surface area contributed by atoms with Crippen LogP contribution in [0.15, 0.2) is 18.5 Å². The van der Waals surface area contributed by atoms with Gasteiger partial charge in [0.25, 0.3) is 0 Å². The Morgan fingerprint density at radius 1 is 1.39 bits per heavy atom. The van der Waals surface area contributed by atoms with Gasteiger partial charge in [-0.1, -0.05) is 0 Å². The van der Waals surface area contributed by atoms with Crippen LogP contribution in [0.4, 0.5) is 5.69 Å². The van der Waals surface area contributed by atoms with E-state index in [9.17, 15) is 9.59 Å². The molecule has 0 aliphatic carbocycles. The highest BCUT2D eigenvalue weighted by Crippen LogP contribution is 2.12. The van der Waals surface area contributed by atoms with E-state index in [0.29, 0.717) is 5.69 Å². The monoisotopic (exact) mass is 251 g/mol. The number of hydrogen-bond donors (Lipinski definition) is 3. The average Bonchev–Trinajstić information content (AvgIpc) is 2.24. The molecule has 0 aliphatic heterocycles. The number of hydrogen-bond acceptors (Lipinski definition) is 4. The van der Waals surface area contributed by atoms with Crippen molar-refractivity contribution in [3.05, 3.63) is 24.0 Å². The molecule has 0 spiro atoms. The molecule has 6 nitrogen and oxygen atoms in total. The van der Waals surface area contributed by atoms with Gasteiger partial charge in [-0.2, -0.15) is 0 Å². The minimum Gasteiger partial charge on any atom is -0.478 e. The van der Waals surface area contributed by atoms with Gasteiger partial charge in [-0.15, -0.1) is 0 Å². The zero-order chi connectivity index (χ0) is 13.8. The Morgan fingerprint density at radius 3 is 2.61 bits per heavy atom. The number of anilines is 1. The van der Waals surface area contributed by atoms with Crippen LogP contribution in [0.1, 0.15) is 31.1 Å². The molecule has 6 heteroatoms. The van der Waals surface area contributed by atoms with Gasteiger partial charge in [0.05, 0.1) is 24.0 Å². The van der Waals surface area contributed by atoms with Crippen molar-refractivity contribution in [2.24, 2.45) is 0 Å². The molecule has 0 saturated carbocycles. The molecule has 1 heterocycles. The highest BCUT2D eigenvalue weighted by Gasteiger charge is 2.14. The Balaban J connectivity index is 2.64. The molecule has 0 atom stereocenters. The van der Waals surface area contributed by atoms with Crippen LogP contribution >= 0.6 is 0 Å². The van der Waals surface area contributed by atoms with Crippen molar-refractivity contribution < 1.29 is 14.7 Å². The average molecular weight is 251 g/mol. The van der Waals surface area contributed by atoms with Gasteiger partial charge in [-0.3, -0.25) is 9.78 Å². The van der Waals surface area contributed by atoms with E-state index >= 15 is 0 Å². The normalized spacial score (nSPS) is 10.8. The second kappa shape index (κ2) is 5.48. The van der Waals surface area contributed by atoms with Gasteiger partial charge in [0.1, 0.15) is 0 Å². The summed E-state index contributed by atoms with van der Waals surface area (Å²) in [5, 5.41) is 14.5. The Bertz CT molecular complexity index is 452. The third-order valence-electron chi connectivity index (χ3n) is 2.01. The highest BCUT2D eigenvalue weighted by atomic mass is 16.4. The summed E-state index contributed by atoms with van der Waals surface area (Å²) in [6, 6.07) is 1.38. The second-order valence-electron chi connectivity index (χ2n) is 4.88. The summed E-state index contributed by atoms with van der Waals surface area (Å²) in [4.78, 5) is 26.3. The molecule has 0 fully saturated rings. The molecule has 0 bridgehead atoms. The summed E-state index contributed by atoms with van der Waals surface area (Å²) in [6.07, 6.45) is 2.78. The Morgan fingerprint density at radius 2 is 2.06 bits per heavy atom. The van der Waals surface area contributed by atoms with Crippen molar-refractivity contribution in [1.29, 1.82) is 0 Å². The van der Waals surface area contributed by atoms with Crippen molar-refractivity contribution in [1.82, 2.24) is 10.3 Å². The highest BCUT2D eigenvalue weighted by molar-refractivity contribution is 5.94. The summed E-state index contributed by atoms with van der Waals surface area (Å²) >= 11 is 0. The maximum Gasteiger partial charge on any atom is 0.337 e. The number of nitrogens with zero attached hydrogens (tertiary/aromatic N) is 1. The van der Waals surface area contributed by atoms with Crippen LogP contribution in [0.3, 0.4) is 0 Å². The molecule has 0 aliphatic rings. The van der Waals surface area contributed by atoms with E-state index in [4.69, 9.17) is 5.11 Å². The van der Waals surface area contributed by atoms with Gasteiger partial charge in [0.2, 0.25) is 5.91 Å². The number of nitrogens with one attached hydrogen (secondary N) is 2. The van der Waals surface area contributed by atoms with Crippen molar-refractivity contribution >= 4 is 17.6 Å². The largest absolute Gasteiger partial charge is 0.478 e. The van der Waals surface area contributed by atoms with Crippen LogP contribution in [-0.2, 0) is 4.79 Å². The number of amides is 1. The topological polar surface area (TPSA) is 91.3 Å². The molecule has 1 aromatic rings. The van der Waals surface area contributed by atoms with Gasteiger partial charge in [0, 0.05) is 11.7 Å². The Labute approximate surface area is 105 Å². The molecule has 98 valence electrons. The van der Waals surface area contributed by atoms with Crippen LogP contribution < -0.4 is 10.6 Å². The lowest BCUT2D eigenvalue weighted by Crippen LogP contribution is -2.43. The van der Waals surface area contributed by atoms with Gasteiger partial charge < -0.3 is 15.7 Å². The van der Waals surface area contributed by atoms with Gasteiger partial charge in [-0.05, 0) is 26.8 Å². The third kappa shape index (κ3) is 4.40. The molecule has 18 heavy (non-hydrogen) atoms. The lowest BCUT2D eigenvalue weighted by Gasteiger charge is -2.20. The van der Waals surface area contributed by atoms with E-state index in [-0.39, 0.29) is 23.6 Å².